The molecule has 4 nitrogen and oxygen atoms in total. The van der Waals surface area contributed by atoms with Gasteiger partial charge >= 0.3 is 0 Å². The lowest BCUT2D eigenvalue weighted by molar-refractivity contribution is -0.125. The standard InChI is InChI=1S/C26H33ClN2O2/c1-19-4-6-20(7-5-19)18-26(29(2)3)15-12-23(13-16-26)28-25(31)24(14-17-30)21-8-10-22(27)11-9-21/h4-11,17,23-24H,12-16,18H2,1-3H3,(H,28,31). The van der Waals surface area contributed by atoms with E-state index in [1.54, 1.807) is 12.1 Å². The van der Waals surface area contributed by atoms with Crippen molar-refractivity contribution in [3.05, 3.63) is 70.2 Å². The Bertz CT molecular complexity index is 869. The van der Waals surface area contributed by atoms with Gasteiger partial charge in [0.25, 0.3) is 0 Å². The van der Waals surface area contributed by atoms with Crippen LogP contribution in [0, 0.1) is 6.92 Å². The third-order valence-electron chi connectivity index (χ3n) is 6.79. The molecule has 0 heterocycles. The first-order valence-electron chi connectivity index (χ1n) is 11.1. The highest BCUT2D eigenvalue weighted by Gasteiger charge is 2.38. The average molecular weight is 441 g/mol. The van der Waals surface area contributed by atoms with Crippen LogP contribution in [0.5, 0.6) is 0 Å². The minimum absolute atomic E-state index is 0.0738. The van der Waals surface area contributed by atoms with Crippen LogP contribution in [0.15, 0.2) is 48.5 Å². The van der Waals surface area contributed by atoms with Gasteiger partial charge in [-0.2, -0.15) is 0 Å². The molecule has 0 aromatic heterocycles. The fourth-order valence-electron chi connectivity index (χ4n) is 4.66. The molecule has 2 aromatic carbocycles. The highest BCUT2D eigenvalue weighted by atomic mass is 35.5. The summed E-state index contributed by atoms with van der Waals surface area (Å²) < 4.78 is 0. The Hall–Kier alpha value is -2.17. The van der Waals surface area contributed by atoms with Crippen molar-refractivity contribution in [2.24, 2.45) is 0 Å². The molecule has 1 fully saturated rings. The smallest absolute Gasteiger partial charge is 0.228 e. The van der Waals surface area contributed by atoms with Crippen molar-refractivity contribution in [1.82, 2.24) is 10.2 Å². The number of hydrogen-bond donors (Lipinski definition) is 1. The van der Waals surface area contributed by atoms with Crippen LogP contribution in [0.3, 0.4) is 0 Å². The Morgan fingerprint density at radius 3 is 2.29 bits per heavy atom. The van der Waals surface area contributed by atoms with Gasteiger partial charge in [-0.05, 0) is 76.4 Å². The Labute approximate surface area is 191 Å². The van der Waals surface area contributed by atoms with E-state index in [4.69, 9.17) is 11.6 Å². The van der Waals surface area contributed by atoms with Crippen molar-refractivity contribution in [2.75, 3.05) is 14.1 Å². The molecule has 0 spiro atoms. The number of carbonyl (C=O) groups is 2. The van der Waals surface area contributed by atoms with Crippen LogP contribution < -0.4 is 5.32 Å². The first-order chi connectivity index (χ1) is 14.8. The highest BCUT2D eigenvalue weighted by molar-refractivity contribution is 6.30. The average Bonchev–Trinajstić information content (AvgIpc) is 2.75. The van der Waals surface area contributed by atoms with E-state index >= 15 is 0 Å². The van der Waals surface area contributed by atoms with Gasteiger partial charge in [-0.1, -0.05) is 53.6 Å². The topological polar surface area (TPSA) is 49.4 Å². The molecule has 1 N–H and O–H groups in total. The van der Waals surface area contributed by atoms with Crippen LogP contribution in [0.25, 0.3) is 0 Å². The summed E-state index contributed by atoms with van der Waals surface area (Å²) >= 11 is 5.97. The van der Waals surface area contributed by atoms with E-state index in [2.05, 4.69) is 55.5 Å². The van der Waals surface area contributed by atoms with Gasteiger partial charge in [-0.25, -0.2) is 0 Å². The largest absolute Gasteiger partial charge is 0.353 e. The monoisotopic (exact) mass is 440 g/mol. The van der Waals surface area contributed by atoms with Gasteiger partial charge in [0.05, 0.1) is 5.92 Å². The zero-order valence-electron chi connectivity index (χ0n) is 18.7. The van der Waals surface area contributed by atoms with Crippen molar-refractivity contribution in [1.29, 1.82) is 0 Å². The van der Waals surface area contributed by atoms with Crippen LogP contribution in [-0.2, 0) is 16.0 Å². The lowest BCUT2D eigenvalue weighted by Gasteiger charge is -2.45. The molecule has 1 amide bonds. The quantitative estimate of drug-likeness (QED) is 0.592. The molecule has 5 heteroatoms. The summed E-state index contributed by atoms with van der Waals surface area (Å²) in [5.74, 6) is -0.543. The van der Waals surface area contributed by atoms with Crippen LogP contribution in [0.2, 0.25) is 5.02 Å². The number of aldehydes is 1. The van der Waals surface area contributed by atoms with Gasteiger partial charge in [0.1, 0.15) is 6.29 Å². The number of likely N-dealkylation sites (N-methyl/N-ethyl adjacent to an activating group) is 1. The van der Waals surface area contributed by atoms with Crippen LogP contribution in [0.1, 0.15) is 54.7 Å². The molecule has 166 valence electrons. The first-order valence-corrected chi connectivity index (χ1v) is 11.4. The van der Waals surface area contributed by atoms with Crippen molar-refractivity contribution >= 4 is 23.8 Å². The van der Waals surface area contributed by atoms with E-state index in [0.717, 1.165) is 44.0 Å². The second-order valence-electron chi connectivity index (χ2n) is 9.07. The van der Waals surface area contributed by atoms with Crippen LogP contribution >= 0.6 is 11.6 Å². The molecule has 0 bridgehead atoms. The van der Waals surface area contributed by atoms with E-state index < -0.39 is 5.92 Å². The minimum atomic E-state index is -0.470. The second kappa shape index (κ2) is 10.4. The number of halogens is 1. The summed E-state index contributed by atoms with van der Waals surface area (Å²) in [7, 11) is 4.32. The number of amides is 1. The Balaban J connectivity index is 1.64. The number of carbonyl (C=O) groups excluding carboxylic acids is 2. The lowest BCUT2D eigenvalue weighted by Crippen LogP contribution is -2.52. The maximum absolute atomic E-state index is 13.0. The van der Waals surface area contributed by atoms with Gasteiger partial charge in [0.15, 0.2) is 0 Å². The summed E-state index contributed by atoms with van der Waals surface area (Å²) in [6, 6.07) is 16.1. The fraction of sp³-hybridized carbons (Fsp3) is 0.462. The van der Waals surface area contributed by atoms with Gasteiger partial charge in [0.2, 0.25) is 5.91 Å². The molecule has 1 unspecified atom stereocenters. The van der Waals surface area contributed by atoms with E-state index in [1.165, 1.54) is 11.1 Å². The third kappa shape index (κ3) is 5.96. The Kier molecular flexibility index (Phi) is 7.90. The fourth-order valence-corrected chi connectivity index (χ4v) is 4.78. The van der Waals surface area contributed by atoms with Crippen molar-refractivity contribution in [3.63, 3.8) is 0 Å². The number of nitrogens with one attached hydrogen (secondary N) is 1. The van der Waals surface area contributed by atoms with Crippen molar-refractivity contribution in [3.8, 4) is 0 Å². The molecule has 31 heavy (non-hydrogen) atoms. The van der Waals surface area contributed by atoms with E-state index in [1.807, 2.05) is 12.1 Å². The predicted molar refractivity (Wildman–Crippen MR) is 127 cm³/mol. The Morgan fingerprint density at radius 1 is 1.13 bits per heavy atom. The maximum atomic E-state index is 13.0. The Morgan fingerprint density at radius 2 is 1.74 bits per heavy atom. The summed E-state index contributed by atoms with van der Waals surface area (Å²) in [4.78, 5) is 26.5. The molecule has 0 radical (unpaired) electrons. The predicted octanol–water partition coefficient (Wildman–Crippen LogP) is 4.92. The number of benzene rings is 2. The van der Waals surface area contributed by atoms with E-state index in [0.29, 0.717) is 5.02 Å². The van der Waals surface area contributed by atoms with Gasteiger partial charge in [-0.3, -0.25) is 4.79 Å². The van der Waals surface area contributed by atoms with Crippen LogP contribution in [-0.4, -0.2) is 42.8 Å². The number of aryl methyl sites for hydroxylation is 1. The first kappa shape index (κ1) is 23.5. The lowest BCUT2D eigenvalue weighted by atomic mass is 9.74. The molecule has 1 saturated carbocycles. The molecule has 0 aliphatic heterocycles. The van der Waals surface area contributed by atoms with E-state index in [-0.39, 0.29) is 23.9 Å². The molecule has 1 aliphatic rings. The molecule has 1 atom stereocenters. The zero-order chi connectivity index (χ0) is 22.4. The summed E-state index contributed by atoms with van der Waals surface area (Å²) in [6.45, 7) is 2.11. The molecule has 3 rings (SSSR count). The molecular weight excluding hydrogens is 408 g/mol. The third-order valence-corrected chi connectivity index (χ3v) is 7.04. The molecule has 2 aromatic rings. The SMILES string of the molecule is Cc1ccc(CC2(N(C)C)CCC(NC(=O)C(CC=O)c3ccc(Cl)cc3)CC2)cc1. The minimum Gasteiger partial charge on any atom is -0.353 e. The van der Waals surface area contributed by atoms with Crippen LogP contribution in [0.4, 0.5) is 0 Å². The van der Waals surface area contributed by atoms with E-state index in [9.17, 15) is 9.59 Å². The number of nitrogens with zero attached hydrogens (tertiary/aromatic N) is 1. The number of rotatable bonds is 8. The normalized spacial score (nSPS) is 22.2. The highest BCUT2D eigenvalue weighted by Crippen LogP contribution is 2.36. The van der Waals surface area contributed by atoms with Crippen molar-refractivity contribution < 1.29 is 9.59 Å². The summed E-state index contributed by atoms with van der Waals surface area (Å²) in [5, 5.41) is 3.84. The van der Waals surface area contributed by atoms with Gasteiger partial charge in [-0.15, -0.1) is 0 Å². The molecule has 0 saturated heterocycles. The maximum Gasteiger partial charge on any atom is 0.228 e. The number of hydrogen-bond acceptors (Lipinski definition) is 3. The molecular formula is C26H33ClN2O2. The van der Waals surface area contributed by atoms with Crippen molar-refractivity contribution in [2.45, 2.75) is 62.9 Å². The summed E-state index contributed by atoms with van der Waals surface area (Å²) in [5.41, 5.74) is 3.57. The summed E-state index contributed by atoms with van der Waals surface area (Å²) in [6.07, 6.45) is 5.93. The zero-order valence-corrected chi connectivity index (χ0v) is 19.5. The van der Waals surface area contributed by atoms with Gasteiger partial charge in [0, 0.05) is 23.0 Å². The second-order valence-corrected chi connectivity index (χ2v) is 9.51. The molecule has 1 aliphatic carbocycles. The van der Waals surface area contributed by atoms with Gasteiger partial charge < -0.3 is 15.0 Å².